The number of carbonyl (C=O) groups is 3. The van der Waals surface area contributed by atoms with Crippen molar-refractivity contribution in [1.82, 2.24) is 4.90 Å². The quantitative estimate of drug-likeness (QED) is 0.901. The Hall–Kier alpha value is -3.22. The zero-order chi connectivity index (χ0) is 17.9. The van der Waals surface area contributed by atoms with E-state index >= 15 is 0 Å². The fourth-order valence-corrected chi connectivity index (χ4v) is 1.99. The van der Waals surface area contributed by atoms with Crippen molar-refractivity contribution in [1.29, 1.82) is 0 Å². The van der Waals surface area contributed by atoms with Crippen molar-refractivity contribution in [2.75, 3.05) is 19.4 Å². The first kappa shape index (κ1) is 17.1. The highest BCUT2D eigenvalue weighted by Gasteiger charge is 2.15. The van der Waals surface area contributed by atoms with E-state index in [1.54, 1.807) is 26.2 Å². The standard InChI is InChI=1S/C17H15FN2O4/c1-20(2)16(22)10-3-6-12(7-4-10)19-15(21)13-8-5-11(17(23)24)9-14(13)18/h3-9H,1-2H3,(H,19,21)(H,23,24). The molecule has 0 aliphatic heterocycles. The Kier molecular flexibility index (Phi) is 4.93. The molecule has 0 saturated carbocycles. The maximum absolute atomic E-state index is 13.8. The summed E-state index contributed by atoms with van der Waals surface area (Å²) >= 11 is 0. The van der Waals surface area contributed by atoms with Crippen molar-refractivity contribution in [3.05, 3.63) is 65.0 Å². The van der Waals surface area contributed by atoms with E-state index in [0.717, 1.165) is 18.2 Å². The second kappa shape index (κ2) is 6.91. The van der Waals surface area contributed by atoms with Gasteiger partial charge in [-0.2, -0.15) is 0 Å². The summed E-state index contributed by atoms with van der Waals surface area (Å²) in [4.78, 5) is 36.0. The monoisotopic (exact) mass is 330 g/mol. The lowest BCUT2D eigenvalue weighted by Crippen LogP contribution is -2.21. The molecule has 2 aromatic rings. The Morgan fingerprint density at radius 3 is 2.08 bits per heavy atom. The molecule has 2 rings (SSSR count). The predicted octanol–water partition coefficient (Wildman–Crippen LogP) is 2.48. The smallest absolute Gasteiger partial charge is 0.335 e. The predicted molar refractivity (Wildman–Crippen MR) is 85.8 cm³/mol. The second-order valence-electron chi connectivity index (χ2n) is 5.23. The van der Waals surface area contributed by atoms with Crippen molar-refractivity contribution in [3.63, 3.8) is 0 Å². The Balaban J connectivity index is 2.15. The summed E-state index contributed by atoms with van der Waals surface area (Å²) in [6.07, 6.45) is 0. The molecule has 2 N–H and O–H groups in total. The molecule has 0 aromatic heterocycles. The summed E-state index contributed by atoms with van der Waals surface area (Å²) < 4.78 is 13.8. The maximum Gasteiger partial charge on any atom is 0.335 e. The van der Waals surface area contributed by atoms with Gasteiger partial charge in [0.1, 0.15) is 5.82 Å². The number of carbonyl (C=O) groups excluding carboxylic acids is 2. The van der Waals surface area contributed by atoms with Gasteiger partial charge in [-0.1, -0.05) is 0 Å². The van der Waals surface area contributed by atoms with Crippen molar-refractivity contribution >= 4 is 23.5 Å². The first-order valence-electron chi connectivity index (χ1n) is 6.95. The summed E-state index contributed by atoms with van der Waals surface area (Å²) in [6, 6.07) is 9.19. The molecule has 0 aliphatic carbocycles. The summed E-state index contributed by atoms with van der Waals surface area (Å²) in [5.74, 6) is -3.09. The van der Waals surface area contributed by atoms with E-state index < -0.39 is 17.7 Å². The molecular weight excluding hydrogens is 315 g/mol. The zero-order valence-corrected chi connectivity index (χ0v) is 13.0. The fourth-order valence-electron chi connectivity index (χ4n) is 1.99. The van der Waals surface area contributed by atoms with Crippen LogP contribution in [0, 0.1) is 5.82 Å². The maximum atomic E-state index is 13.8. The highest BCUT2D eigenvalue weighted by Crippen LogP contribution is 2.15. The van der Waals surface area contributed by atoms with E-state index in [9.17, 15) is 18.8 Å². The average molecular weight is 330 g/mol. The molecule has 0 saturated heterocycles. The van der Waals surface area contributed by atoms with Gasteiger partial charge in [0.25, 0.3) is 11.8 Å². The zero-order valence-electron chi connectivity index (χ0n) is 13.0. The first-order valence-corrected chi connectivity index (χ1v) is 6.95. The molecule has 2 aromatic carbocycles. The van der Waals surface area contributed by atoms with Crippen LogP contribution >= 0.6 is 0 Å². The molecule has 0 radical (unpaired) electrons. The number of hydrogen-bond acceptors (Lipinski definition) is 3. The number of nitrogens with one attached hydrogen (secondary N) is 1. The number of aromatic carboxylic acids is 1. The summed E-state index contributed by atoms with van der Waals surface area (Å²) in [6.45, 7) is 0. The number of benzene rings is 2. The van der Waals surface area contributed by atoms with Crippen LogP contribution in [0.15, 0.2) is 42.5 Å². The van der Waals surface area contributed by atoms with Gasteiger partial charge >= 0.3 is 5.97 Å². The van der Waals surface area contributed by atoms with Gasteiger partial charge in [-0.25, -0.2) is 9.18 Å². The van der Waals surface area contributed by atoms with Crippen LogP contribution in [0.1, 0.15) is 31.1 Å². The van der Waals surface area contributed by atoms with Crippen LogP contribution in [-0.4, -0.2) is 41.9 Å². The Morgan fingerprint density at radius 2 is 1.58 bits per heavy atom. The van der Waals surface area contributed by atoms with E-state index in [-0.39, 0.29) is 17.0 Å². The number of anilines is 1. The Morgan fingerprint density at radius 1 is 1.00 bits per heavy atom. The molecule has 0 spiro atoms. The van der Waals surface area contributed by atoms with E-state index in [1.807, 2.05) is 0 Å². The molecule has 24 heavy (non-hydrogen) atoms. The number of hydrogen-bond donors (Lipinski definition) is 2. The van der Waals surface area contributed by atoms with Gasteiger partial charge in [0.15, 0.2) is 0 Å². The summed E-state index contributed by atoms with van der Waals surface area (Å²) in [5.41, 5.74) is 0.330. The minimum absolute atomic E-state index is 0.178. The third-order valence-electron chi connectivity index (χ3n) is 3.26. The minimum atomic E-state index is -1.28. The lowest BCUT2D eigenvalue weighted by atomic mass is 10.1. The molecule has 6 nitrogen and oxygen atoms in total. The van der Waals surface area contributed by atoms with Gasteiger partial charge in [-0.3, -0.25) is 9.59 Å². The molecule has 0 heterocycles. The van der Waals surface area contributed by atoms with Crippen LogP contribution in [-0.2, 0) is 0 Å². The van der Waals surface area contributed by atoms with E-state index in [4.69, 9.17) is 5.11 Å². The number of carboxylic acids is 1. The van der Waals surface area contributed by atoms with Gasteiger partial charge < -0.3 is 15.3 Å². The summed E-state index contributed by atoms with van der Waals surface area (Å²) in [5, 5.41) is 11.3. The number of amides is 2. The van der Waals surface area contributed by atoms with Crippen molar-refractivity contribution in [3.8, 4) is 0 Å². The largest absolute Gasteiger partial charge is 0.478 e. The Labute approximate surface area is 137 Å². The molecule has 7 heteroatoms. The van der Waals surface area contributed by atoms with E-state index in [1.165, 1.54) is 17.0 Å². The SMILES string of the molecule is CN(C)C(=O)c1ccc(NC(=O)c2ccc(C(=O)O)cc2F)cc1. The highest BCUT2D eigenvalue weighted by molar-refractivity contribution is 6.05. The van der Waals surface area contributed by atoms with Crippen molar-refractivity contribution in [2.45, 2.75) is 0 Å². The van der Waals surface area contributed by atoms with Gasteiger partial charge in [-0.15, -0.1) is 0 Å². The van der Waals surface area contributed by atoms with Crippen molar-refractivity contribution in [2.24, 2.45) is 0 Å². The van der Waals surface area contributed by atoms with Gasteiger partial charge in [-0.05, 0) is 42.5 Å². The van der Waals surface area contributed by atoms with Crippen molar-refractivity contribution < 1.29 is 23.9 Å². The minimum Gasteiger partial charge on any atom is -0.478 e. The van der Waals surface area contributed by atoms with Crippen LogP contribution in [0.2, 0.25) is 0 Å². The number of nitrogens with zero attached hydrogens (tertiary/aromatic N) is 1. The van der Waals surface area contributed by atoms with Crippen LogP contribution < -0.4 is 5.32 Å². The lowest BCUT2D eigenvalue weighted by molar-refractivity contribution is 0.0695. The third-order valence-corrected chi connectivity index (χ3v) is 3.26. The third kappa shape index (κ3) is 3.75. The van der Waals surface area contributed by atoms with Crippen LogP contribution in [0.25, 0.3) is 0 Å². The molecule has 0 unspecified atom stereocenters. The summed E-state index contributed by atoms with van der Waals surface area (Å²) in [7, 11) is 3.25. The van der Waals surface area contributed by atoms with E-state index in [2.05, 4.69) is 5.32 Å². The molecule has 0 atom stereocenters. The van der Waals surface area contributed by atoms with Crippen LogP contribution in [0.5, 0.6) is 0 Å². The highest BCUT2D eigenvalue weighted by atomic mass is 19.1. The molecule has 0 bridgehead atoms. The molecular formula is C17H15FN2O4. The normalized spacial score (nSPS) is 10.1. The molecule has 124 valence electrons. The van der Waals surface area contributed by atoms with Gasteiger partial charge in [0.05, 0.1) is 11.1 Å². The van der Waals surface area contributed by atoms with Crippen LogP contribution in [0.3, 0.4) is 0 Å². The lowest BCUT2D eigenvalue weighted by Gasteiger charge is -2.11. The number of rotatable bonds is 4. The van der Waals surface area contributed by atoms with Crippen LogP contribution in [0.4, 0.5) is 10.1 Å². The second-order valence-corrected chi connectivity index (χ2v) is 5.23. The first-order chi connectivity index (χ1) is 11.3. The molecule has 2 amide bonds. The van der Waals surface area contributed by atoms with E-state index in [0.29, 0.717) is 11.3 Å². The Bertz CT molecular complexity index is 801. The fraction of sp³-hybridized carbons (Fsp3) is 0.118. The number of carboxylic acid groups (broad SMARTS) is 1. The molecule has 0 aliphatic rings. The molecule has 0 fully saturated rings. The van der Waals surface area contributed by atoms with Gasteiger partial charge in [0.2, 0.25) is 0 Å². The number of halogens is 1. The topological polar surface area (TPSA) is 86.7 Å². The van der Waals surface area contributed by atoms with Gasteiger partial charge in [0, 0.05) is 25.3 Å². The average Bonchev–Trinajstić information content (AvgIpc) is 2.54.